The monoisotopic (exact) mass is 310 g/mol. The molecular weight excluding hydrogens is 304 g/mol. The molecule has 1 amide bonds. The van der Waals surface area contributed by atoms with E-state index < -0.39 is 0 Å². The van der Waals surface area contributed by atoms with Gasteiger partial charge in [-0.15, -0.1) is 0 Å². The molecule has 0 saturated heterocycles. The Labute approximate surface area is 112 Å². The Balaban J connectivity index is 2.20. The van der Waals surface area contributed by atoms with E-state index in [0.29, 0.717) is 21.0 Å². The summed E-state index contributed by atoms with van der Waals surface area (Å²) in [5.41, 5.74) is 0.903. The molecule has 0 aliphatic rings. The van der Waals surface area contributed by atoms with E-state index in [0.717, 1.165) is 0 Å². The van der Waals surface area contributed by atoms with Crippen molar-refractivity contribution in [1.82, 2.24) is 4.98 Å². The van der Waals surface area contributed by atoms with Crippen LogP contribution in [0.5, 0.6) is 0 Å². The number of amides is 1. The standard InChI is InChI=1S/C12H8BrClN2O/c13-11-7-3-6-10(15-11)12(17)16-9-5-2-1-4-8(9)14/h1-7H,(H,16,17). The Morgan fingerprint density at radius 3 is 2.65 bits per heavy atom. The van der Waals surface area contributed by atoms with Gasteiger partial charge in [0.2, 0.25) is 0 Å². The predicted molar refractivity (Wildman–Crippen MR) is 71.3 cm³/mol. The number of carbonyl (C=O) groups is 1. The molecule has 1 aromatic heterocycles. The number of hydrogen-bond donors (Lipinski definition) is 1. The number of hydrogen-bond acceptors (Lipinski definition) is 2. The van der Waals surface area contributed by atoms with Crippen LogP contribution in [0.15, 0.2) is 47.1 Å². The number of carbonyl (C=O) groups excluding carboxylic acids is 1. The summed E-state index contributed by atoms with van der Waals surface area (Å²) in [6, 6.07) is 12.2. The molecule has 0 bridgehead atoms. The minimum atomic E-state index is -0.292. The summed E-state index contributed by atoms with van der Waals surface area (Å²) in [5, 5.41) is 3.20. The summed E-state index contributed by atoms with van der Waals surface area (Å²) in [6.45, 7) is 0. The lowest BCUT2D eigenvalue weighted by Gasteiger charge is -2.06. The van der Waals surface area contributed by atoms with Crippen LogP contribution in [0.3, 0.4) is 0 Å². The van der Waals surface area contributed by atoms with E-state index in [4.69, 9.17) is 11.6 Å². The van der Waals surface area contributed by atoms with E-state index in [1.54, 1.807) is 42.5 Å². The van der Waals surface area contributed by atoms with E-state index >= 15 is 0 Å². The summed E-state index contributed by atoms with van der Waals surface area (Å²) in [7, 11) is 0. The summed E-state index contributed by atoms with van der Waals surface area (Å²) in [6.07, 6.45) is 0. The molecule has 0 fully saturated rings. The summed E-state index contributed by atoms with van der Waals surface area (Å²) < 4.78 is 0.615. The lowest BCUT2D eigenvalue weighted by atomic mass is 10.3. The number of halogens is 2. The van der Waals surface area contributed by atoms with Gasteiger partial charge in [0, 0.05) is 0 Å². The molecule has 0 saturated carbocycles. The third-order valence-corrected chi connectivity index (χ3v) is 2.84. The molecule has 3 nitrogen and oxygen atoms in total. The van der Waals surface area contributed by atoms with Crippen LogP contribution in [-0.4, -0.2) is 10.9 Å². The van der Waals surface area contributed by atoms with Crippen molar-refractivity contribution in [3.05, 3.63) is 57.8 Å². The Morgan fingerprint density at radius 2 is 1.94 bits per heavy atom. The predicted octanol–water partition coefficient (Wildman–Crippen LogP) is 3.75. The Bertz CT molecular complexity index is 560. The summed E-state index contributed by atoms with van der Waals surface area (Å²) >= 11 is 9.16. The van der Waals surface area contributed by atoms with Gasteiger partial charge in [0.1, 0.15) is 10.3 Å². The zero-order chi connectivity index (χ0) is 12.3. The number of pyridine rings is 1. The number of aromatic nitrogens is 1. The quantitative estimate of drug-likeness (QED) is 0.858. The van der Waals surface area contributed by atoms with Gasteiger partial charge in [-0.05, 0) is 40.2 Å². The van der Waals surface area contributed by atoms with Crippen LogP contribution in [0.4, 0.5) is 5.69 Å². The third kappa shape index (κ3) is 3.05. The van der Waals surface area contributed by atoms with Crippen molar-refractivity contribution in [1.29, 1.82) is 0 Å². The minimum Gasteiger partial charge on any atom is -0.319 e. The smallest absolute Gasteiger partial charge is 0.274 e. The first kappa shape index (κ1) is 12.1. The molecule has 5 heteroatoms. The van der Waals surface area contributed by atoms with E-state index in [1.165, 1.54) is 0 Å². The van der Waals surface area contributed by atoms with Gasteiger partial charge in [-0.1, -0.05) is 29.8 Å². The molecule has 0 aliphatic heterocycles. The molecule has 1 N–H and O–H groups in total. The molecule has 2 rings (SSSR count). The molecular formula is C12H8BrClN2O. The Kier molecular flexibility index (Phi) is 3.76. The second kappa shape index (κ2) is 5.29. The van der Waals surface area contributed by atoms with Crippen LogP contribution in [0.25, 0.3) is 0 Å². The molecule has 1 aromatic carbocycles. The van der Waals surface area contributed by atoms with Crippen LogP contribution < -0.4 is 5.32 Å². The van der Waals surface area contributed by atoms with E-state index in [1.807, 2.05) is 0 Å². The zero-order valence-electron chi connectivity index (χ0n) is 8.65. The van der Waals surface area contributed by atoms with E-state index in [2.05, 4.69) is 26.2 Å². The minimum absolute atomic E-state index is 0.292. The highest BCUT2D eigenvalue weighted by Crippen LogP contribution is 2.21. The Morgan fingerprint density at radius 1 is 1.18 bits per heavy atom. The van der Waals surface area contributed by atoms with Crippen LogP contribution >= 0.6 is 27.5 Å². The van der Waals surface area contributed by atoms with E-state index in [-0.39, 0.29) is 5.91 Å². The maximum absolute atomic E-state index is 11.9. The first-order valence-corrected chi connectivity index (χ1v) is 6.02. The van der Waals surface area contributed by atoms with Crippen LogP contribution in [0.2, 0.25) is 5.02 Å². The number of anilines is 1. The molecule has 2 aromatic rings. The number of benzene rings is 1. The first-order valence-electron chi connectivity index (χ1n) is 4.85. The van der Waals surface area contributed by atoms with Gasteiger partial charge in [-0.3, -0.25) is 4.79 Å². The summed E-state index contributed by atoms with van der Waals surface area (Å²) in [4.78, 5) is 15.9. The zero-order valence-corrected chi connectivity index (χ0v) is 11.0. The van der Waals surface area contributed by atoms with E-state index in [9.17, 15) is 4.79 Å². The lowest BCUT2D eigenvalue weighted by Crippen LogP contribution is -2.13. The maximum atomic E-state index is 11.9. The molecule has 86 valence electrons. The lowest BCUT2D eigenvalue weighted by molar-refractivity contribution is 0.102. The van der Waals surface area contributed by atoms with Crippen molar-refractivity contribution < 1.29 is 4.79 Å². The van der Waals surface area contributed by atoms with Gasteiger partial charge in [-0.25, -0.2) is 4.98 Å². The van der Waals surface area contributed by atoms with Gasteiger partial charge < -0.3 is 5.32 Å². The molecule has 1 heterocycles. The van der Waals surface area contributed by atoms with Gasteiger partial charge in [0.25, 0.3) is 5.91 Å². The van der Waals surface area contributed by atoms with Crippen molar-refractivity contribution in [3.63, 3.8) is 0 Å². The average Bonchev–Trinajstić information content (AvgIpc) is 2.32. The van der Waals surface area contributed by atoms with Crippen LogP contribution in [-0.2, 0) is 0 Å². The van der Waals surface area contributed by atoms with Gasteiger partial charge in [0.15, 0.2) is 0 Å². The second-order valence-corrected chi connectivity index (χ2v) is 4.50. The topological polar surface area (TPSA) is 42.0 Å². The fourth-order valence-corrected chi connectivity index (χ4v) is 1.81. The number of para-hydroxylation sites is 1. The van der Waals surface area contributed by atoms with Crippen molar-refractivity contribution in [2.45, 2.75) is 0 Å². The summed E-state index contributed by atoms with van der Waals surface area (Å²) in [5.74, 6) is -0.292. The molecule has 17 heavy (non-hydrogen) atoms. The normalized spacial score (nSPS) is 10.0. The average molecular weight is 312 g/mol. The molecule has 0 unspecified atom stereocenters. The van der Waals surface area contributed by atoms with Crippen molar-refractivity contribution in [2.24, 2.45) is 0 Å². The second-order valence-electron chi connectivity index (χ2n) is 3.28. The largest absolute Gasteiger partial charge is 0.319 e. The van der Waals surface area contributed by atoms with Crippen LogP contribution in [0.1, 0.15) is 10.5 Å². The van der Waals surface area contributed by atoms with Gasteiger partial charge in [0.05, 0.1) is 10.7 Å². The highest BCUT2D eigenvalue weighted by molar-refractivity contribution is 9.10. The van der Waals surface area contributed by atoms with Gasteiger partial charge >= 0.3 is 0 Å². The highest BCUT2D eigenvalue weighted by atomic mass is 79.9. The van der Waals surface area contributed by atoms with Crippen LogP contribution in [0, 0.1) is 0 Å². The molecule has 0 aliphatic carbocycles. The first-order chi connectivity index (χ1) is 8.16. The molecule has 0 spiro atoms. The molecule has 0 atom stereocenters. The van der Waals surface area contributed by atoms with Crippen molar-refractivity contribution in [2.75, 3.05) is 5.32 Å². The van der Waals surface area contributed by atoms with Crippen molar-refractivity contribution in [3.8, 4) is 0 Å². The van der Waals surface area contributed by atoms with Crippen molar-refractivity contribution >= 4 is 39.1 Å². The SMILES string of the molecule is O=C(Nc1ccccc1Cl)c1cccc(Br)n1. The Hall–Kier alpha value is -1.39. The fourth-order valence-electron chi connectivity index (χ4n) is 1.28. The van der Waals surface area contributed by atoms with Gasteiger partial charge in [-0.2, -0.15) is 0 Å². The number of nitrogens with zero attached hydrogens (tertiary/aromatic N) is 1. The number of nitrogens with one attached hydrogen (secondary N) is 1. The third-order valence-electron chi connectivity index (χ3n) is 2.07. The molecule has 0 radical (unpaired) electrons. The highest BCUT2D eigenvalue weighted by Gasteiger charge is 2.09. The fraction of sp³-hybridized carbons (Fsp3) is 0. The maximum Gasteiger partial charge on any atom is 0.274 e. The number of rotatable bonds is 2.